The van der Waals surface area contributed by atoms with Crippen LogP contribution < -0.4 is 16.1 Å². The molecule has 0 unspecified atom stereocenters. The average Bonchev–Trinajstić information content (AvgIpc) is 3.45. The van der Waals surface area contributed by atoms with Gasteiger partial charge in [-0.2, -0.15) is 5.10 Å². The maximum absolute atomic E-state index is 13.0. The Kier molecular flexibility index (Phi) is 6.10. The van der Waals surface area contributed by atoms with Crippen molar-refractivity contribution in [1.82, 2.24) is 20.1 Å². The number of hydrogen-bond acceptors (Lipinski definition) is 6. The molecule has 3 aromatic carbocycles. The monoisotopic (exact) mass is 479 g/mol. The van der Waals surface area contributed by atoms with E-state index in [4.69, 9.17) is 4.42 Å². The summed E-state index contributed by atoms with van der Waals surface area (Å²) in [6.07, 6.45) is 3.01. The maximum Gasteiger partial charge on any atom is 0.255 e. The molecule has 0 fully saturated rings. The Morgan fingerprint density at radius 3 is 2.47 bits per heavy atom. The van der Waals surface area contributed by atoms with E-state index in [0.717, 1.165) is 11.3 Å². The Bertz CT molecular complexity index is 1610. The first-order valence-electron chi connectivity index (χ1n) is 11.2. The van der Waals surface area contributed by atoms with E-state index in [-0.39, 0.29) is 23.1 Å². The number of fused-ring (bicyclic) bond motifs is 1. The lowest BCUT2D eigenvalue weighted by Crippen LogP contribution is -2.33. The number of anilines is 1. The topological polar surface area (TPSA) is 119 Å². The van der Waals surface area contributed by atoms with Crippen LogP contribution in [0.3, 0.4) is 0 Å². The average molecular weight is 479 g/mol. The van der Waals surface area contributed by atoms with E-state index in [9.17, 15) is 14.4 Å². The lowest BCUT2D eigenvalue weighted by Gasteiger charge is -2.11. The summed E-state index contributed by atoms with van der Waals surface area (Å²) in [5.41, 5.74) is 2.69. The number of para-hydroxylation sites is 1. The second-order valence-electron chi connectivity index (χ2n) is 8.05. The highest BCUT2D eigenvalue weighted by atomic mass is 16.3. The molecule has 0 atom stereocenters. The normalized spacial score (nSPS) is 10.8. The molecular weight excluding hydrogens is 458 g/mol. The number of hydrogen-bond donors (Lipinski definition) is 2. The number of benzene rings is 3. The minimum absolute atomic E-state index is 0.173. The zero-order valence-electron chi connectivity index (χ0n) is 19.3. The molecule has 9 heteroatoms. The van der Waals surface area contributed by atoms with Crippen LogP contribution in [0.2, 0.25) is 0 Å². The van der Waals surface area contributed by atoms with Crippen molar-refractivity contribution in [3.63, 3.8) is 0 Å². The van der Waals surface area contributed by atoms with Crippen LogP contribution in [-0.2, 0) is 4.79 Å². The number of amides is 2. The van der Waals surface area contributed by atoms with Gasteiger partial charge in [-0.25, -0.2) is 9.67 Å². The van der Waals surface area contributed by atoms with Crippen molar-refractivity contribution in [1.29, 1.82) is 0 Å². The molecule has 0 aliphatic carbocycles. The highest BCUT2D eigenvalue weighted by Crippen LogP contribution is 2.27. The van der Waals surface area contributed by atoms with E-state index in [2.05, 4.69) is 20.7 Å². The zero-order chi connectivity index (χ0) is 25.1. The Balaban J connectivity index is 1.33. The molecule has 9 nitrogen and oxygen atoms in total. The number of carbonyl (C=O) groups excluding carboxylic acids is 2. The fourth-order valence-electron chi connectivity index (χ4n) is 3.85. The van der Waals surface area contributed by atoms with E-state index < -0.39 is 11.8 Å². The van der Waals surface area contributed by atoms with Gasteiger partial charge >= 0.3 is 0 Å². The molecule has 2 aromatic heterocycles. The van der Waals surface area contributed by atoms with Crippen LogP contribution in [0, 0.1) is 6.92 Å². The molecule has 0 saturated heterocycles. The molecule has 0 radical (unpaired) electrons. The first-order chi connectivity index (χ1) is 17.5. The number of nitrogens with one attached hydrogen (secondary N) is 2. The molecule has 36 heavy (non-hydrogen) atoms. The van der Waals surface area contributed by atoms with E-state index in [1.807, 2.05) is 30.3 Å². The number of carbonyl (C=O) groups is 2. The third-order valence-electron chi connectivity index (χ3n) is 5.67. The Morgan fingerprint density at radius 1 is 0.972 bits per heavy atom. The Morgan fingerprint density at radius 2 is 1.75 bits per heavy atom. The van der Waals surface area contributed by atoms with Gasteiger partial charge in [0.1, 0.15) is 18.4 Å². The molecule has 0 aliphatic heterocycles. The van der Waals surface area contributed by atoms with Crippen molar-refractivity contribution >= 4 is 28.5 Å². The summed E-state index contributed by atoms with van der Waals surface area (Å²) < 4.78 is 7.68. The summed E-state index contributed by atoms with van der Waals surface area (Å²) in [4.78, 5) is 42.3. The molecule has 5 aromatic rings. The lowest BCUT2D eigenvalue weighted by molar-refractivity contribution is -0.115. The van der Waals surface area contributed by atoms with Gasteiger partial charge in [0.2, 0.25) is 5.91 Å². The van der Waals surface area contributed by atoms with Crippen LogP contribution in [0.5, 0.6) is 0 Å². The van der Waals surface area contributed by atoms with Gasteiger partial charge in [-0.3, -0.25) is 14.4 Å². The second-order valence-corrected chi connectivity index (χ2v) is 8.05. The molecule has 2 amide bonds. The van der Waals surface area contributed by atoms with Crippen LogP contribution >= 0.6 is 0 Å². The molecular formula is C27H21N5O4. The number of nitrogens with zero attached hydrogens (tertiary/aromatic N) is 3. The zero-order valence-corrected chi connectivity index (χ0v) is 19.3. The van der Waals surface area contributed by atoms with Crippen LogP contribution in [-0.4, -0.2) is 33.1 Å². The van der Waals surface area contributed by atoms with Gasteiger partial charge in [0, 0.05) is 16.8 Å². The number of rotatable bonds is 6. The van der Waals surface area contributed by atoms with Crippen molar-refractivity contribution in [3.05, 3.63) is 107 Å². The summed E-state index contributed by atoms with van der Waals surface area (Å²) in [6.45, 7) is 1.44. The fraction of sp³-hybridized carbons (Fsp3) is 0.0741. The number of aromatic nitrogens is 3. The van der Waals surface area contributed by atoms with Crippen molar-refractivity contribution in [2.24, 2.45) is 0 Å². The molecule has 2 heterocycles. The summed E-state index contributed by atoms with van der Waals surface area (Å²) in [6, 6.07) is 21.1. The molecule has 0 spiro atoms. The van der Waals surface area contributed by atoms with Gasteiger partial charge in [-0.1, -0.05) is 36.4 Å². The largest absolute Gasteiger partial charge is 0.455 e. The van der Waals surface area contributed by atoms with Gasteiger partial charge < -0.3 is 15.1 Å². The van der Waals surface area contributed by atoms with E-state index in [0.29, 0.717) is 22.4 Å². The molecule has 0 saturated carbocycles. The first-order valence-corrected chi connectivity index (χ1v) is 11.2. The van der Waals surface area contributed by atoms with Crippen molar-refractivity contribution < 1.29 is 14.0 Å². The Hall–Kier alpha value is -5.05. The summed E-state index contributed by atoms with van der Waals surface area (Å²) in [7, 11) is 0. The Labute approximate surface area is 205 Å². The van der Waals surface area contributed by atoms with Gasteiger partial charge in [0.15, 0.2) is 11.0 Å². The first kappa shape index (κ1) is 22.7. The minimum Gasteiger partial charge on any atom is -0.455 e. The van der Waals surface area contributed by atoms with Crippen LogP contribution in [0.15, 0.2) is 94.7 Å². The quantitative estimate of drug-likeness (QED) is 0.383. The van der Waals surface area contributed by atoms with Gasteiger partial charge in [0.05, 0.1) is 23.2 Å². The standard InChI is InChI=1S/C27H21N5O4/c1-17-24(34)21-8-5-9-22(26(21)36-25(17)18-6-3-2-4-7-18)27(35)29-14-23(33)31-19-10-12-20(13-11-19)32-16-28-15-30-32/h2-13,15-16H,14H2,1H3,(H,29,35)(H,31,33). The SMILES string of the molecule is Cc1c(-c2ccccc2)oc2c(C(=O)NCC(=O)Nc3ccc(-n4cncn4)cc3)cccc2c1=O. The highest BCUT2D eigenvalue weighted by Gasteiger charge is 2.19. The minimum atomic E-state index is -0.525. The molecule has 0 bridgehead atoms. The van der Waals surface area contributed by atoms with Gasteiger partial charge in [0.25, 0.3) is 5.91 Å². The third kappa shape index (κ3) is 4.49. The highest BCUT2D eigenvalue weighted by molar-refractivity contribution is 6.06. The molecule has 178 valence electrons. The van der Waals surface area contributed by atoms with Crippen molar-refractivity contribution in [2.75, 3.05) is 11.9 Å². The fourth-order valence-corrected chi connectivity index (χ4v) is 3.85. The molecule has 0 aliphatic rings. The van der Waals surface area contributed by atoms with Crippen LogP contribution in [0.4, 0.5) is 5.69 Å². The van der Waals surface area contributed by atoms with Crippen molar-refractivity contribution in [3.8, 4) is 17.0 Å². The van der Waals surface area contributed by atoms with Crippen LogP contribution in [0.25, 0.3) is 28.0 Å². The van der Waals surface area contributed by atoms with Gasteiger partial charge in [-0.15, -0.1) is 0 Å². The predicted octanol–water partition coefficient (Wildman–Crippen LogP) is 3.72. The van der Waals surface area contributed by atoms with Crippen LogP contribution in [0.1, 0.15) is 15.9 Å². The third-order valence-corrected chi connectivity index (χ3v) is 5.67. The summed E-state index contributed by atoms with van der Waals surface area (Å²) in [5.74, 6) is -0.525. The molecule has 2 N–H and O–H groups in total. The lowest BCUT2D eigenvalue weighted by atomic mass is 10.0. The van der Waals surface area contributed by atoms with E-state index in [1.165, 1.54) is 6.33 Å². The predicted molar refractivity (Wildman–Crippen MR) is 135 cm³/mol. The smallest absolute Gasteiger partial charge is 0.255 e. The maximum atomic E-state index is 13.0. The second kappa shape index (κ2) is 9.67. The van der Waals surface area contributed by atoms with Crippen molar-refractivity contribution in [2.45, 2.75) is 6.92 Å². The van der Waals surface area contributed by atoms with E-state index >= 15 is 0 Å². The molecule has 5 rings (SSSR count). The summed E-state index contributed by atoms with van der Waals surface area (Å²) in [5, 5.41) is 9.69. The van der Waals surface area contributed by atoms with E-state index in [1.54, 1.807) is 60.4 Å². The summed E-state index contributed by atoms with van der Waals surface area (Å²) >= 11 is 0. The van der Waals surface area contributed by atoms with Gasteiger partial charge in [-0.05, 0) is 43.3 Å².